The third-order valence-corrected chi connectivity index (χ3v) is 2.79. The molecule has 0 spiro atoms. The molecule has 0 nitrogen and oxygen atoms in total. The lowest BCUT2D eigenvalue weighted by Gasteiger charge is -2.03. The van der Waals surface area contributed by atoms with Gasteiger partial charge in [0.15, 0.2) is 0 Å². The zero-order chi connectivity index (χ0) is 11.1. The smallest absolute Gasteiger partial charge is 0.00941 e. The van der Waals surface area contributed by atoms with E-state index >= 15 is 0 Å². The molecule has 15 heavy (non-hydrogen) atoms. The van der Waals surface area contributed by atoms with Gasteiger partial charge in [-0.05, 0) is 43.0 Å². The second-order valence-electron chi connectivity index (χ2n) is 3.67. The molecule has 0 N–H and O–H groups in total. The molecule has 0 saturated heterocycles. The number of rotatable bonds is 4. The van der Waals surface area contributed by atoms with Gasteiger partial charge in [0.25, 0.3) is 0 Å². The average Bonchev–Trinajstić information content (AvgIpc) is 2.25. The van der Waals surface area contributed by atoms with Gasteiger partial charge >= 0.3 is 0 Å². The number of allylic oxidation sites excluding steroid dienone is 5. The predicted octanol–water partition coefficient (Wildman–Crippen LogP) is 5.19. The molecule has 1 aromatic rings. The van der Waals surface area contributed by atoms with E-state index in [-0.39, 0.29) is 0 Å². The van der Waals surface area contributed by atoms with Crippen molar-refractivity contribution in [3.8, 4) is 0 Å². The van der Waals surface area contributed by atoms with Gasteiger partial charge in [0, 0.05) is 0 Å². The average molecular weight is 216 g/mol. The molecule has 0 aliphatic carbocycles. The maximum absolute atomic E-state index is 3.80. The van der Waals surface area contributed by atoms with Crippen LogP contribution >= 0.6 is 8.19 Å². The molecule has 0 atom stereocenters. The van der Waals surface area contributed by atoms with Crippen LogP contribution in [0.3, 0.4) is 0 Å². The largest absolute Gasteiger partial charge is 0.103 e. The van der Waals surface area contributed by atoms with Crippen LogP contribution in [0.25, 0.3) is 5.57 Å². The summed E-state index contributed by atoms with van der Waals surface area (Å²) >= 11 is 0. The summed E-state index contributed by atoms with van der Waals surface area (Å²) in [6.07, 6.45) is 7.22. The third kappa shape index (κ3) is 4.27. The SMILES string of the molecule is C=CC/C(=C\C=C(C)C)c1cccpc1. The van der Waals surface area contributed by atoms with E-state index in [2.05, 4.69) is 56.3 Å². The Balaban J connectivity index is 2.98. The molecule has 1 heteroatoms. The van der Waals surface area contributed by atoms with Gasteiger partial charge in [-0.3, -0.25) is 0 Å². The Morgan fingerprint density at radius 2 is 2.20 bits per heavy atom. The molecular formula is C14H17P. The minimum atomic E-state index is 0.926. The Bertz CT molecular complexity index is 368. The molecule has 1 rings (SSSR count). The standard InChI is InChI=1S/C14H17P/c1-4-6-13(9-8-12(2)3)14-7-5-10-15-11-14/h4-5,7-11H,1,6H2,2-3H3/b13-9+. The van der Waals surface area contributed by atoms with Crippen molar-refractivity contribution >= 4 is 13.8 Å². The fraction of sp³-hybridized carbons (Fsp3) is 0.214. The van der Waals surface area contributed by atoms with Crippen molar-refractivity contribution in [2.75, 3.05) is 0 Å². The lowest BCUT2D eigenvalue weighted by molar-refractivity contribution is 1.37. The Kier molecular flexibility index (Phi) is 5.07. The van der Waals surface area contributed by atoms with E-state index in [1.807, 2.05) is 6.08 Å². The van der Waals surface area contributed by atoms with Gasteiger partial charge in [0.1, 0.15) is 0 Å². The summed E-state index contributed by atoms with van der Waals surface area (Å²) in [4.78, 5) is 0. The van der Waals surface area contributed by atoms with Crippen LogP contribution < -0.4 is 0 Å². The van der Waals surface area contributed by atoms with Crippen LogP contribution in [-0.4, -0.2) is 0 Å². The van der Waals surface area contributed by atoms with Crippen LogP contribution in [0.2, 0.25) is 0 Å². The first kappa shape index (κ1) is 11.9. The van der Waals surface area contributed by atoms with E-state index in [9.17, 15) is 0 Å². The van der Waals surface area contributed by atoms with Crippen molar-refractivity contribution in [3.63, 3.8) is 0 Å². The molecule has 0 amide bonds. The highest BCUT2D eigenvalue weighted by Crippen LogP contribution is 2.21. The van der Waals surface area contributed by atoms with E-state index in [0.29, 0.717) is 0 Å². The van der Waals surface area contributed by atoms with Crippen LogP contribution in [0.5, 0.6) is 0 Å². The summed E-state index contributed by atoms with van der Waals surface area (Å²) in [5.41, 5.74) is 3.97. The van der Waals surface area contributed by atoms with Crippen molar-refractivity contribution in [1.82, 2.24) is 0 Å². The second-order valence-corrected chi connectivity index (χ2v) is 4.52. The first-order valence-electron chi connectivity index (χ1n) is 5.09. The molecule has 0 saturated carbocycles. The molecule has 0 fully saturated rings. The quantitative estimate of drug-likeness (QED) is 0.479. The highest BCUT2D eigenvalue weighted by atomic mass is 31.0. The molecule has 0 aromatic carbocycles. The van der Waals surface area contributed by atoms with E-state index in [1.54, 1.807) is 0 Å². The Hall–Kier alpha value is -1.13. The van der Waals surface area contributed by atoms with Gasteiger partial charge in [0.2, 0.25) is 0 Å². The van der Waals surface area contributed by atoms with Crippen LogP contribution in [0, 0.1) is 0 Å². The summed E-state index contributed by atoms with van der Waals surface area (Å²) in [6, 6.07) is 4.26. The monoisotopic (exact) mass is 216 g/mol. The maximum Gasteiger partial charge on any atom is -0.00941 e. The van der Waals surface area contributed by atoms with Crippen molar-refractivity contribution in [2.45, 2.75) is 20.3 Å². The molecular weight excluding hydrogens is 199 g/mol. The Labute approximate surface area is 94.1 Å². The molecule has 0 unspecified atom stereocenters. The Morgan fingerprint density at radius 3 is 2.73 bits per heavy atom. The molecule has 78 valence electrons. The van der Waals surface area contributed by atoms with Gasteiger partial charge in [-0.1, -0.05) is 44.1 Å². The number of hydrogen-bond donors (Lipinski definition) is 0. The van der Waals surface area contributed by atoms with Crippen molar-refractivity contribution in [1.29, 1.82) is 0 Å². The topological polar surface area (TPSA) is 0 Å². The van der Waals surface area contributed by atoms with Gasteiger partial charge in [-0.2, -0.15) is 0 Å². The van der Waals surface area contributed by atoms with Crippen molar-refractivity contribution in [3.05, 3.63) is 59.7 Å². The molecule has 0 bridgehead atoms. The van der Waals surface area contributed by atoms with Crippen molar-refractivity contribution in [2.24, 2.45) is 0 Å². The first-order chi connectivity index (χ1) is 7.24. The third-order valence-electron chi connectivity index (χ3n) is 2.01. The Morgan fingerprint density at radius 1 is 1.40 bits per heavy atom. The molecule has 0 aliphatic heterocycles. The van der Waals surface area contributed by atoms with Crippen LogP contribution in [0.15, 0.2) is 54.1 Å². The molecule has 0 aliphatic rings. The van der Waals surface area contributed by atoms with E-state index < -0.39 is 0 Å². The van der Waals surface area contributed by atoms with E-state index in [4.69, 9.17) is 0 Å². The lowest BCUT2D eigenvalue weighted by atomic mass is 10.0. The summed E-state index contributed by atoms with van der Waals surface area (Å²) in [5.74, 6) is 4.37. The molecule has 1 aromatic heterocycles. The summed E-state index contributed by atoms with van der Waals surface area (Å²) in [7, 11) is 1.27. The van der Waals surface area contributed by atoms with Crippen LogP contribution in [0.4, 0.5) is 0 Å². The minimum Gasteiger partial charge on any atom is -0.103 e. The highest BCUT2D eigenvalue weighted by Gasteiger charge is 1.96. The van der Waals surface area contributed by atoms with Crippen molar-refractivity contribution < 1.29 is 0 Å². The summed E-state index contributed by atoms with van der Waals surface area (Å²) in [6.45, 7) is 8.02. The second kappa shape index (κ2) is 6.37. The summed E-state index contributed by atoms with van der Waals surface area (Å²) in [5, 5.41) is 0. The van der Waals surface area contributed by atoms with Crippen LogP contribution in [-0.2, 0) is 0 Å². The first-order valence-corrected chi connectivity index (χ1v) is 6.12. The minimum absolute atomic E-state index is 0.926. The van der Waals surface area contributed by atoms with Gasteiger partial charge in [-0.25, -0.2) is 0 Å². The fourth-order valence-corrected chi connectivity index (χ4v) is 1.94. The van der Waals surface area contributed by atoms with Gasteiger partial charge in [0.05, 0.1) is 0 Å². The summed E-state index contributed by atoms with van der Waals surface area (Å²) < 4.78 is 0. The number of hydrogen-bond acceptors (Lipinski definition) is 0. The maximum atomic E-state index is 3.80. The normalized spacial score (nSPS) is 11.5. The highest BCUT2D eigenvalue weighted by molar-refractivity contribution is 7.28. The van der Waals surface area contributed by atoms with Gasteiger partial charge in [-0.15, -0.1) is 6.58 Å². The zero-order valence-corrected chi connectivity index (χ0v) is 10.3. The molecule has 1 heterocycles. The molecule has 0 radical (unpaired) electrons. The lowest BCUT2D eigenvalue weighted by Crippen LogP contribution is -1.80. The van der Waals surface area contributed by atoms with E-state index in [1.165, 1.54) is 24.9 Å². The zero-order valence-electron chi connectivity index (χ0n) is 9.40. The fourth-order valence-electron chi connectivity index (χ4n) is 1.26. The van der Waals surface area contributed by atoms with Gasteiger partial charge < -0.3 is 0 Å². The van der Waals surface area contributed by atoms with E-state index in [0.717, 1.165) is 6.42 Å². The van der Waals surface area contributed by atoms with Crippen LogP contribution in [0.1, 0.15) is 25.8 Å². The predicted molar refractivity (Wildman–Crippen MR) is 71.2 cm³/mol.